The van der Waals surface area contributed by atoms with Gasteiger partial charge >= 0.3 is 5.97 Å². The van der Waals surface area contributed by atoms with Crippen molar-refractivity contribution in [3.8, 4) is 5.75 Å². The average Bonchev–Trinajstić information content (AvgIpc) is 2.97. The van der Waals surface area contributed by atoms with E-state index in [-0.39, 0.29) is 12.1 Å². The van der Waals surface area contributed by atoms with Crippen LogP contribution in [0.2, 0.25) is 0 Å². The van der Waals surface area contributed by atoms with Gasteiger partial charge in [-0.25, -0.2) is 4.79 Å². The van der Waals surface area contributed by atoms with Crippen LogP contribution in [0.3, 0.4) is 0 Å². The highest BCUT2D eigenvalue weighted by Crippen LogP contribution is 2.25. The summed E-state index contributed by atoms with van der Waals surface area (Å²) in [6, 6.07) is 5.13. The monoisotopic (exact) mass is 291 g/mol. The largest absolute Gasteiger partial charge is 0.491 e. The number of hydrogen-bond acceptors (Lipinski definition) is 4. The van der Waals surface area contributed by atoms with Gasteiger partial charge in [-0.15, -0.1) is 0 Å². The van der Waals surface area contributed by atoms with E-state index in [2.05, 4.69) is 6.92 Å². The first kappa shape index (κ1) is 15.7. The van der Waals surface area contributed by atoms with Gasteiger partial charge in [0.15, 0.2) is 0 Å². The summed E-state index contributed by atoms with van der Waals surface area (Å²) in [6.45, 7) is 2.81. The lowest BCUT2D eigenvalue weighted by Crippen LogP contribution is -2.15. The van der Waals surface area contributed by atoms with E-state index in [1.54, 1.807) is 18.2 Å². The lowest BCUT2D eigenvalue weighted by molar-refractivity contribution is 0.0318. The summed E-state index contributed by atoms with van der Waals surface area (Å²) in [5, 5.41) is 0. The lowest BCUT2D eigenvalue weighted by Gasteiger charge is -2.13. The molecule has 4 nitrogen and oxygen atoms in total. The maximum atomic E-state index is 12.0. The summed E-state index contributed by atoms with van der Waals surface area (Å²) in [7, 11) is 0. The molecule has 0 bridgehead atoms. The van der Waals surface area contributed by atoms with Crippen molar-refractivity contribution >= 4 is 11.7 Å². The highest BCUT2D eigenvalue weighted by atomic mass is 16.5. The smallest absolute Gasteiger partial charge is 0.338 e. The van der Waals surface area contributed by atoms with E-state index in [0.29, 0.717) is 23.6 Å². The number of esters is 1. The third kappa shape index (κ3) is 4.66. The normalized spacial score (nSPS) is 15.1. The van der Waals surface area contributed by atoms with Crippen LogP contribution in [-0.2, 0) is 4.74 Å². The predicted molar refractivity (Wildman–Crippen MR) is 83.5 cm³/mol. The highest BCUT2D eigenvalue weighted by Gasteiger charge is 2.20. The van der Waals surface area contributed by atoms with Crippen LogP contribution in [0.25, 0.3) is 0 Å². The second-order valence-electron chi connectivity index (χ2n) is 5.62. The molecular formula is C17H25NO3. The first-order chi connectivity index (χ1) is 10.2. The van der Waals surface area contributed by atoms with E-state index in [0.717, 1.165) is 44.9 Å². The van der Waals surface area contributed by atoms with Gasteiger partial charge in [0.25, 0.3) is 0 Å². The molecule has 0 saturated heterocycles. The van der Waals surface area contributed by atoms with E-state index >= 15 is 0 Å². The quantitative estimate of drug-likeness (QED) is 0.469. The number of carbonyl (C=O) groups is 1. The second-order valence-corrected chi connectivity index (χ2v) is 5.62. The van der Waals surface area contributed by atoms with Crippen molar-refractivity contribution in [2.24, 2.45) is 0 Å². The van der Waals surface area contributed by atoms with Gasteiger partial charge in [-0.05, 0) is 50.3 Å². The summed E-state index contributed by atoms with van der Waals surface area (Å²) < 4.78 is 11.1. The average molecular weight is 291 g/mol. The molecule has 0 atom stereocenters. The lowest BCUT2D eigenvalue weighted by atomic mass is 10.2. The molecule has 1 aliphatic rings. The summed E-state index contributed by atoms with van der Waals surface area (Å²) >= 11 is 0. The Hall–Kier alpha value is -1.71. The second kappa shape index (κ2) is 7.91. The zero-order valence-corrected chi connectivity index (χ0v) is 12.8. The van der Waals surface area contributed by atoms with Crippen LogP contribution in [0.4, 0.5) is 5.69 Å². The topological polar surface area (TPSA) is 61.5 Å². The molecule has 2 N–H and O–H groups in total. The first-order valence-corrected chi connectivity index (χ1v) is 7.94. The fraction of sp³-hybridized carbons (Fsp3) is 0.588. The number of unbranched alkanes of at least 4 members (excludes halogenated alkanes) is 2. The van der Waals surface area contributed by atoms with Crippen LogP contribution in [0.5, 0.6) is 5.75 Å². The van der Waals surface area contributed by atoms with Crippen molar-refractivity contribution < 1.29 is 14.3 Å². The number of ether oxygens (including phenoxy) is 2. The Bertz CT molecular complexity index is 467. The van der Waals surface area contributed by atoms with Gasteiger partial charge in [0.05, 0.1) is 17.9 Å². The molecule has 116 valence electrons. The van der Waals surface area contributed by atoms with Crippen molar-refractivity contribution in [2.75, 3.05) is 12.3 Å². The fourth-order valence-corrected chi connectivity index (χ4v) is 2.57. The van der Waals surface area contributed by atoms with Crippen LogP contribution in [0.1, 0.15) is 62.2 Å². The summed E-state index contributed by atoms with van der Waals surface area (Å²) in [5.74, 6) is 0.356. The van der Waals surface area contributed by atoms with Crippen LogP contribution in [-0.4, -0.2) is 18.7 Å². The molecule has 2 rings (SSSR count). The molecule has 0 amide bonds. The van der Waals surface area contributed by atoms with Crippen molar-refractivity contribution in [1.29, 1.82) is 0 Å². The van der Waals surface area contributed by atoms with Crippen molar-refractivity contribution in [3.63, 3.8) is 0 Å². The summed E-state index contributed by atoms with van der Waals surface area (Å²) in [6.07, 6.45) is 7.62. The fourth-order valence-electron chi connectivity index (χ4n) is 2.57. The molecule has 1 fully saturated rings. The van der Waals surface area contributed by atoms with Gasteiger partial charge in [0.2, 0.25) is 0 Å². The van der Waals surface area contributed by atoms with Crippen molar-refractivity contribution in [2.45, 2.75) is 58.0 Å². The maximum absolute atomic E-state index is 12.0. The van der Waals surface area contributed by atoms with E-state index < -0.39 is 0 Å². The molecule has 0 spiro atoms. The van der Waals surface area contributed by atoms with E-state index in [9.17, 15) is 4.79 Å². The standard InChI is InChI=1S/C17H25NO3/c1-2-3-6-11-20-16-10-9-13(12-15(16)18)17(19)21-14-7-4-5-8-14/h9-10,12,14H,2-8,11,18H2,1H3. The molecule has 0 aromatic heterocycles. The SMILES string of the molecule is CCCCCOc1ccc(C(=O)OC2CCCC2)cc1N. The molecule has 0 heterocycles. The third-order valence-electron chi connectivity index (χ3n) is 3.83. The Morgan fingerprint density at radius 1 is 1.29 bits per heavy atom. The van der Waals surface area contributed by atoms with Gasteiger partial charge < -0.3 is 15.2 Å². The van der Waals surface area contributed by atoms with Crippen molar-refractivity contribution in [1.82, 2.24) is 0 Å². The van der Waals surface area contributed by atoms with E-state index in [1.807, 2.05) is 0 Å². The van der Waals surface area contributed by atoms with Crippen LogP contribution in [0, 0.1) is 0 Å². The Morgan fingerprint density at radius 2 is 2.05 bits per heavy atom. The van der Waals surface area contributed by atoms with Crippen LogP contribution >= 0.6 is 0 Å². The maximum Gasteiger partial charge on any atom is 0.338 e. The molecule has 1 saturated carbocycles. The number of anilines is 1. The Balaban J connectivity index is 1.89. The number of carbonyl (C=O) groups excluding carboxylic acids is 1. The minimum Gasteiger partial charge on any atom is -0.491 e. The zero-order valence-electron chi connectivity index (χ0n) is 12.8. The van der Waals surface area contributed by atoms with Gasteiger partial charge in [-0.3, -0.25) is 0 Å². The zero-order chi connectivity index (χ0) is 15.1. The van der Waals surface area contributed by atoms with Gasteiger partial charge in [-0.1, -0.05) is 19.8 Å². The Labute approximate surface area is 126 Å². The molecule has 4 heteroatoms. The summed E-state index contributed by atoms with van der Waals surface area (Å²) in [5.41, 5.74) is 6.94. The van der Waals surface area contributed by atoms with Crippen LogP contribution in [0.15, 0.2) is 18.2 Å². The predicted octanol–water partition coefficient (Wildman–Crippen LogP) is 3.94. The molecule has 0 unspecified atom stereocenters. The molecule has 0 radical (unpaired) electrons. The van der Waals surface area contributed by atoms with E-state index in [1.165, 1.54) is 0 Å². The molecule has 1 aliphatic carbocycles. The number of nitrogens with two attached hydrogens (primary N) is 1. The molecule has 0 aliphatic heterocycles. The number of hydrogen-bond donors (Lipinski definition) is 1. The number of rotatable bonds is 7. The van der Waals surface area contributed by atoms with Gasteiger partial charge in [-0.2, -0.15) is 0 Å². The molecule has 1 aromatic carbocycles. The summed E-state index contributed by atoms with van der Waals surface area (Å²) in [4.78, 5) is 12.0. The minimum atomic E-state index is -0.286. The Kier molecular flexibility index (Phi) is 5.90. The molecular weight excluding hydrogens is 266 g/mol. The molecule has 1 aromatic rings. The van der Waals surface area contributed by atoms with Crippen molar-refractivity contribution in [3.05, 3.63) is 23.8 Å². The number of benzene rings is 1. The van der Waals surface area contributed by atoms with Gasteiger partial charge in [0, 0.05) is 0 Å². The third-order valence-corrected chi connectivity index (χ3v) is 3.83. The minimum absolute atomic E-state index is 0.0729. The first-order valence-electron chi connectivity index (χ1n) is 7.94. The highest BCUT2D eigenvalue weighted by molar-refractivity contribution is 5.91. The Morgan fingerprint density at radius 3 is 2.71 bits per heavy atom. The number of nitrogen functional groups attached to an aromatic ring is 1. The molecule has 21 heavy (non-hydrogen) atoms. The van der Waals surface area contributed by atoms with E-state index in [4.69, 9.17) is 15.2 Å². The van der Waals surface area contributed by atoms with Gasteiger partial charge in [0.1, 0.15) is 11.9 Å². The van der Waals surface area contributed by atoms with Crippen LogP contribution < -0.4 is 10.5 Å².